The van der Waals surface area contributed by atoms with Crippen molar-refractivity contribution in [2.45, 2.75) is 38.1 Å². The number of hydrogen-bond donors (Lipinski definition) is 2. The number of amides is 1. The average Bonchev–Trinajstić information content (AvgIpc) is 3.16. The first kappa shape index (κ1) is 13.8. The number of likely N-dealkylation sites (tertiary alicyclic amines) is 1. The number of nitrogens with one attached hydrogen (secondary N) is 1. The molecule has 1 aliphatic heterocycles. The molecule has 1 atom stereocenters. The van der Waals surface area contributed by atoms with Gasteiger partial charge in [0.2, 0.25) is 0 Å². The Labute approximate surface area is 123 Å². The minimum Gasteiger partial charge on any atom is -0.375 e. The lowest BCUT2D eigenvalue weighted by Crippen LogP contribution is -2.34. The Morgan fingerprint density at radius 3 is 2.95 bits per heavy atom. The van der Waals surface area contributed by atoms with E-state index in [0.717, 1.165) is 19.1 Å². The van der Waals surface area contributed by atoms with E-state index in [2.05, 4.69) is 15.2 Å². The van der Waals surface area contributed by atoms with Crippen molar-refractivity contribution < 1.29 is 4.79 Å². The summed E-state index contributed by atoms with van der Waals surface area (Å²) in [5, 5.41) is 3.46. The molecule has 2 fully saturated rings. The third-order valence-corrected chi connectivity index (χ3v) is 5.28. The van der Waals surface area contributed by atoms with Crippen LogP contribution < -0.4 is 11.1 Å². The molecule has 20 heavy (non-hydrogen) atoms. The second kappa shape index (κ2) is 6.10. The first-order valence-corrected chi connectivity index (χ1v) is 8.27. The van der Waals surface area contributed by atoms with Gasteiger partial charge in [0.05, 0.1) is 6.20 Å². The van der Waals surface area contributed by atoms with Gasteiger partial charge in [0.15, 0.2) is 5.13 Å². The number of anilines is 1. The summed E-state index contributed by atoms with van der Waals surface area (Å²) in [7, 11) is 0. The van der Waals surface area contributed by atoms with Crippen LogP contribution in [0.2, 0.25) is 0 Å². The molecule has 1 saturated heterocycles. The second-order valence-electron chi connectivity index (χ2n) is 5.86. The Hall–Kier alpha value is -1.14. The topological polar surface area (TPSA) is 71.2 Å². The van der Waals surface area contributed by atoms with Gasteiger partial charge in [0.1, 0.15) is 4.88 Å². The highest BCUT2D eigenvalue weighted by molar-refractivity contribution is 7.17. The van der Waals surface area contributed by atoms with Crippen LogP contribution in [-0.2, 0) is 0 Å². The Bertz CT molecular complexity index is 469. The van der Waals surface area contributed by atoms with Crippen LogP contribution in [0.15, 0.2) is 6.20 Å². The van der Waals surface area contributed by atoms with Crippen molar-refractivity contribution in [1.29, 1.82) is 0 Å². The minimum atomic E-state index is -0.0430. The molecule has 3 rings (SSSR count). The van der Waals surface area contributed by atoms with Gasteiger partial charge in [0, 0.05) is 19.1 Å². The maximum absolute atomic E-state index is 11.9. The predicted octanol–water partition coefficient (Wildman–Crippen LogP) is 1.72. The van der Waals surface area contributed by atoms with Crippen LogP contribution in [0.5, 0.6) is 0 Å². The average molecular weight is 294 g/mol. The van der Waals surface area contributed by atoms with Crippen molar-refractivity contribution in [2.75, 3.05) is 25.4 Å². The quantitative estimate of drug-likeness (QED) is 0.887. The Balaban J connectivity index is 1.44. The van der Waals surface area contributed by atoms with E-state index in [4.69, 9.17) is 5.73 Å². The van der Waals surface area contributed by atoms with Crippen LogP contribution in [0, 0.1) is 5.92 Å². The van der Waals surface area contributed by atoms with E-state index in [1.165, 1.54) is 50.0 Å². The zero-order valence-electron chi connectivity index (χ0n) is 11.7. The molecule has 0 spiro atoms. The van der Waals surface area contributed by atoms with Crippen LogP contribution in [0.3, 0.4) is 0 Å². The highest BCUT2D eigenvalue weighted by Gasteiger charge is 2.30. The molecule has 5 nitrogen and oxygen atoms in total. The van der Waals surface area contributed by atoms with Crippen molar-refractivity contribution >= 4 is 22.4 Å². The first-order valence-electron chi connectivity index (χ1n) is 7.46. The lowest BCUT2D eigenvalue weighted by molar-refractivity contribution is 0.0950. The van der Waals surface area contributed by atoms with Gasteiger partial charge in [-0.25, -0.2) is 4.98 Å². The van der Waals surface area contributed by atoms with Crippen LogP contribution in [0.1, 0.15) is 41.8 Å². The highest BCUT2D eigenvalue weighted by Crippen LogP contribution is 2.28. The number of carbonyl (C=O) groups is 1. The lowest BCUT2D eigenvalue weighted by atomic mass is 10.1. The van der Waals surface area contributed by atoms with E-state index in [1.807, 2.05) is 0 Å². The van der Waals surface area contributed by atoms with Crippen molar-refractivity contribution in [3.8, 4) is 0 Å². The molecule has 1 aromatic heterocycles. The normalized spacial score (nSPS) is 24.3. The summed E-state index contributed by atoms with van der Waals surface area (Å²) in [6, 6.07) is 0.803. The van der Waals surface area contributed by atoms with Gasteiger partial charge in [-0.3, -0.25) is 4.79 Å². The van der Waals surface area contributed by atoms with E-state index in [1.54, 1.807) is 6.20 Å². The van der Waals surface area contributed by atoms with Gasteiger partial charge in [0.25, 0.3) is 5.91 Å². The maximum Gasteiger partial charge on any atom is 0.263 e. The molecule has 1 aromatic rings. The van der Waals surface area contributed by atoms with E-state index in [-0.39, 0.29) is 5.91 Å². The van der Waals surface area contributed by atoms with Crippen molar-refractivity contribution in [3.05, 3.63) is 11.1 Å². The number of nitrogens with two attached hydrogens (primary N) is 1. The highest BCUT2D eigenvalue weighted by atomic mass is 32.1. The van der Waals surface area contributed by atoms with Gasteiger partial charge in [-0.1, -0.05) is 24.2 Å². The summed E-state index contributed by atoms with van der Waals surface area (Å²) in [5.41, 5.74) is 5.54. The largest absolute Gasteiger partial charge is 0.375 e. The number of aromatic nitrogens is 1. The third-order valence-electron chi connectivity index (χ3n) is 4.46. The Morgan fingerprint density at radius 1 is 1.45 bits per heavy atom. The molecule has 6 heteroatoms. The number of nitrogen functional groups attached to an aromatic ring is 1. The van der Waals surface area contributed by atoms with Crippen LogP contribution in [0.4, 0.5) is 5.13 Å². The molecule has 0 unspecified atom stereocenters. The molecule has 1 saturated carbocycles. The zero-order chi connectivity index (χ0) is 13.9. The summed E-state index contributed by atoms with van der Waals surface area (Å²) in [5.74, 6) is 0.545. The second-order valence-corrected chi connectivity index (χ2v) is 6.92. The molecule has 0 bridgehead atoms. The molecule has 0 aromatic carbocycles. The predicted molar refractivity (Wildman–Crippen MR) is 80.8 cm³/mol. The number of nitrogens with zero attached hydrogens (tertiary/aromatic N) is 2. The molecule has 2 aliphatic rings. The molecule has 3 N–H and O–H groups in total. The van der Waals surface area contributed by atoms with E-state index >= 15 is 0 Å². The summed E-state index contributed by atoms with van der Waals surface area (Å²) in [6.45, 7) is 3.09. The summed E-state index contributed by atoms with van der Waals surface area (Å²) in [4.78, 5) is 19.1. The van der Waals surface area contributed by atoms with E-state index < -0.39 is 0 Å². The van der Waals surface area contributed by atoms with E-state index in [9.17, 15) is 4.79 Å². The smallest absolute Gasteiger partial charge is 0.263 e. The number of rotatable bonds is 4. The zero-order valence-corrected chi connectivity index (χ0v) is 12.5. The fourth-order valence-electron chi connectivity index (χ4n) is 3.35. The van der Waals surface area contributed by atoms with Gasteiger partial charge < -0.3 is 16.0 Å². The van der Waals surface area contributed by atoms with Crippen molar-refractivity contribution in [2.24, 2.45) is 5.92 Å². The van der Waals surface area contributed by atoms with Crippen molar-refractivity contribution in [3.63, 3.8) is 0 Å². The SMILES string of the molecule is Nc1ncc(C(=O)NC[C@@H]2CCN(C3CCCC3)C2)s1. The Kier molecular flexibility index (Phi) is 4.21. The van der Waals surface area contributed by atoms with Gasteiger partial charge >= 0.3 is 0 Å². The number of thiazole rings is 1. The Morgan fingerprint density at radius 2 is 2.25 bits per heavy atom. The maximum atomic E-state index is 11.9. The standard InChI is InChI=1S/C14H22N4OS/c15-14-17-8-12(20-14)13(19)16-7-10-5-6-18(9-10)11-3-1-2-4-11/h8,10-11H,1-7,9H2,(H2,15,17)(H,16,19)/t10-/m0/s1. The molecule has 1 amide bonds. The summed E-state index contributed by atoms with van der Waals surface area (Å²) >= 11 is 1.24. The molecular formula is C14H22N4OS. The molecule has 110 valence electrons. The molecule has 0 radical (unpaired) electrons. The van der Waals surface area contributed by atoms with Gasteiger partial charge in [-0.2, -0.15) is 0 Å². The van der Waals surface area contributed by atoms with Crippen molar-refractivity contribution in [1.82, 2.24) is 15.2 Å². The van der Waals surface area contributed by atoms with E-state index in [0.29, 0.717) is 15.9 Å². The van der Waals surface area contributed by atoms with Gasteiger partial charge in [-0.15, -0.1) is 0 Å². The number of carbonyl (C=O) groups excluding carboxylic acids is 1. The first-order chi connectivity index (χ1) is 9.72. The van der Waals surface area contributed by atoms with Crippen LogP contribution in [-0.4, -0.2) is 41.5 Å². The fraction of sp³-hybridized carbons (Fsp3) is 0.714. The summed E-state index contributed by atoms with van der Waals surface area (Å²) < 4.78 is 0. The molecule has 2 heterocycles. The summed E-state index contributed by atoms with van der Waals surface area (Å²) in [6.07, 6.45) is 8.24. The lowest BCUT2D eigenvalue weighted by Gasteiger charge is -2.23. The van der Waals surface area contributed by atoms with Gasteiger partial charge in [-0.05, 0) is 31.7 Å². The minimum absolute atomic E-state index is 0.0430. The molecule has 1 aliphatic carbocycles. The van der Waals surface area contributed by atoms with Crippen LogP contribution in [0.25, 0.3) is 0 Å². The third kappa shape index (κ3) is 3.12. The fourth-order valence-corrected chi connectivity index (χ4v) is 3.95. The monoisotopic (exact) mass is 294 g/mol. The van der Waals surface area contributed by atoms with Crippen LogP contribution >= 0.6 is 11.3 Å². The molecular weight excluding hydrogens is 272 g/mol. The number of hydrogen-bond acceptors (Lipinski definition) is 5.